The maximum atomic E-state index is 12.4. The first-order chi connectivity index (χ1) is 13.6. The Kier molecular flexibility index (Phi) is 4.43. The van der Waals surface area contributed by atoms with Crippen molar-refractivity contribution in [2.45, 2.75) is 0 Å². The molecule has 2 heterocycles. The molecule has 0 bridgehead atoms. The van der Waals surface area contributed by atoms with Gasteiger partial charge in [0, 0.05) is 16.8 Å². The van der Waals surface area contributed by atoms with Crippen LogP contribution in [0.25, 0.3) is 23.1 Å². The van der Waals surface area contributed by atoms with Crippen LogP contribution in [-0.2, 0) is 0 Å². The summed E-state index contributed by atoms with van der Waals surface area (Å²) in [6.45, 7) is 0. The Balaban J connectivity index is 1.55. The van der Waals surface area contributed by atoms with Crippen molar-refractivity contribution in [2.24, 2.45) is 0 Å². The molecule has 8 nitrogen and oxygen atoms in total. The molecule has 4 aromatic rings. The van der Waals surface area contributed by atoms with Gasteiger partial charge in [0.25, 0.3) is 11.8 Å². The highest BCUT2D eigenvalue weighted by atomic mass is 16.4. The first-order valence-electron chi connectivity index (χ1n) is 8.23. The topological polar surface area (TPSA) is 118 Å². The van der Waals surface area contributed by atoms with Gasteiger partial charge >= 0.3 is 5.97 Å². The fraction of sp³-hybridized carbons (Fsp3) is 0. The van der Waals surface area contributed by atoms with Crippen molar-refractivity contribution in [2.75, 3.05) is 5.32 Å². The maximum Gasteiger partial charge on any atom is 0.335 e. The van der Waals surface area contributed by atoms with E-state index in [2.05, 4.69) is 15.5 Å². The van der Waals surface area contributed by atoms with E-state index in [9.17, 15) is 9.59 Å². The highest BCUT2D eigenvalue weighted by Gasteiger charge is 2.14. The predicted octanol–water partition coefficient (Wildman–Crippen LogP) is 3.95. The summed E-state index contributed by atoms with van der Waals surface area (Å²) in [5.41, 5.74) is 1.39. The minimum absolute atomic E-state index is 0.0396. The molecule has 28 heavy (non-hydrogen) atoms. The maximum absolute atomic E-state index is 12.4. The lowest BCUT2D eigenvalue weighted by atomic mass is 10.1. The van der Waals surface area contributed by atoms with Crippen molar-refractivity contribution in [3.05, 3.63) is 78.1 Å². The number of hydrogen-bond donors (Lipinski definition) is 2. The number of nitrogens with zero attached hydrogens (tertiary/aromatic N) is 2. The summed E-state index contributed by atoms with van der Waals surface area (Å²) in [5.74, 6) is -0.542. The quantitative estimate of drug-likeness (QED) is 0.542. The largest absolute Gasteiger partial charge is 0.478 e. The molecule has 0 aliphatic heterocycles. The van der Waals surface area contributed by atoms with E-state index in [1.165, 1.54) is 24.5 Å². The number of amides is 1. The number of aromatic nitrogens is 2. The standard InChI is InChI=1S/C20H13N3O5/c24-17(12-4-1-6-14(10-12)20(25)26)21-15-7-2-5-13(11-15)18-22-23-19(28-18)16-8-3-9-27-16/h1-11H,(H,21,24)(H,25,26). The van der Waals surface area contributed by atoms with Crippen LogP contribution in [0.4, 0.5) is 5.69 Å². The smallest absolute Gasteiger partial charge is 0.335 e. The third kappa shape index (κ3) is 3.51. The number of anilines is 1. The third-order valence-electron chi connectivity index (χ3n) is 3.90. The number of furan rings is 1. The van der Waals surface area contributed by atoms with Crippen LogP contribution in [-0.4, -0.2) is 27.2 Å². The second kappa shape index (κ2) is 7.20. The molecular formula is C20H13N3O5. The Labute approximate surface area is 158 Å². The highest BCUT2D eigenvalue weighted by Crippen LogP contribution is 2.26. The number of hydrogen-bond acceptors (Lipinski definition) is 6. The van der Waals surface area contributed by atoms with Gasteiger partial charge in [0.15, 0.2) is 5.76 Å². The van der Waals surface area contributed by atoms with Crippen molar-refractivity contribution >= 4 is 17.6 Å². The number of aromatic carboxylic acids is 1. The monoisotopic (exact) mass is 375 g/mol. The van der Waals surface area contributed by atoms with Crippen LogP contribution in [0.3, 0.4) is 0 Å². The van der Waals surface area contributed by atoms with Crippen LogP contribution >= 0.6 is 0 Å². The minimum atomic E-state index is -1.10. The third-order valence-corrected chi connectivity index (χ3v) is 3.90. The molecule has 4 rings (SSSR count). The number of carbonyl (C=O) groups is 2. The van der Waals surface area contributed by atoms with Crippen molar-refractivity contribution in [1.29, 1.82) is 0 Å². The molecule has 0 saturated heterocycles. The number of carboxylic acids is 1. The second-order valence-corrected chi connectivity index (χ2v) is 5.81. The van der Waals surface area contributed by atoms with Crippen molar-refractivity contribution in [3.63, 3.8) is 0 Å². The minimum Gasteiger partial charge on any atom is -0.478 e. The van der Waals surface area contributed by atoms with Gasteiger partial charge in [-0.1, -0.05) is 12.1 Å². The zero-order valence-electron chi connectivity index (χ0n) is 14.3. The Hall–Kier alpha value is -4.20. The van der Waals surface area contributed by atoms with Crippen LogP contribution in [0.2, 0.25) is 0 Å². The molecule has 0 unspecified atom stereocenters. The van der Waals surface area contributed by atoms with Gasteiger partial charge in [0.2, 0.25) is 5.89 Å². The summed E-state index contributed by atoms with van der Waals surface area (Å²) in [7, 11) is 0. The zero-order valence-corrected chi connectivity index (χ0v) is 14.3. The molecule has 2 N–H and O–H groups in total. The Bertz CT molecular complexity index is 1150. The van der Waals surface area contributed by atoms with Crippen molar-refractivity contribution in [3.8, 4) is 23.1 Å². The number of carboxylic acid groups (broad SMARTS) is 1. The molecule has 0 atom stereocenters. The number of benzene rings is 2. The first-order valence-corrected chi connectivity index (χ1v) is 8.23. The van der Waals surface area contributed by atoms with Crippen LogP contribution in [0, 0.1) is 0 Å². The lowest BCUT2D eigenvalue weighted by Crippen LogP contribution is -2.12. The van der Waals surface area contributed by atoms with E-state index < -0.39 is 11.9 Å². The van der Waals surface area contributed by atoms with E-state index in [4.69, 9.17) is 13.9 Å². The lowest BCUT2D eigenvalue weighted by molar-refractivity contribution is 0.0697. The van der Waals surface area contributed by atoms with Crippen LogP contribution < -0.4 is 5.32 Å². The van der Waals surface area contributed by atoms with Gasteiger partial charge < -0.3 is 19.3 Å². The molecule has 0 radical (unpaired) electrons. The van der Waals surface area contributed by atoms with E-state index in [-0.39, 0.29) is 22.9 Å². The van der Waals surface area contributed by atoms with Gasteiger partial charge in [-0.15, -0.1) is 10.2 Å². The summed E-state index contributed by atoms with van der Waals surface area (Å²) < 4.78 is 10.8. The van der Waals surface area contributed by atoms with Gasteiger partial charge in [-0.3, -0.25) is 4.79 Å². The molecule has 0 saturated carbocycles. The average molecular weight is 375 g/mol. The Morgan fingerprint density at radius 3 is 2.46 bits per heavy atom. The fourth-order valence-corrected chi connectivity index (χ4v) is 2.57. The Morgan fingerprint density at radius 2 is 1.68 bits per heavy atom. The fourth-order valence-electron chi connectivity index (χ4n) is 2.57. The molecule has 0 aliphatic rings. The van der Waals surface area contributed by atoms with Gasteiger partial charge in [-0.05, 0) is 48.5 Å². The van der Waals surface area contributed by atoms with Crippen molar-refractivity contribution in [1.82, 2.24) is 10.2 Å². The van der Waals surface area contributed by atoms with Gasteiger partial charge in [0.05, 0.1) is 11.8 Å². The molecule has 8 heteroatoms. The SMILES string of the molecule is O=C(O)c1cccc(C(=O)Nc2cccc(-c3nnc(-c4ccco4)o3)c2)c1. The van der Waals surface area contributed by atoms with E-state index in [0.29, 0.717) is 17.0 Å². The van der Waals surface area contributed by atoms with Crippen molar-refractivity contribution < 1.29 is 23.5 Å². The summed E-state index contributed by atoms with van der Waals surface area (Å²) >= 11 is 0. The van der Waals surface area contributed by atoms with Crippen LogP contribution in [0.5, 0.6) is 0 Å². The molecule has 1 amide bonds. The molecule has 0 fully saturated rings. The van der Waals surface area contributed by atoms with E-state index in [0.717, 1.165) is 0 Å². The van der Waals surface area contributed by atoms with Crippen LogP contribution in [0.1, 0.15) is 20.7 Å². The summed E-state index contributed by atoms with van der Waals surface area (Å²) in [6.07, 6.45) is 1.51. The number of rotatable bonds is 5. The molecule has 2 aromatic carbocycles. The predicted molar refractivity (Wildman–Crippen MR) is 98.8 cm³/mol. The highest BCUT2D eigenvalue weighted by molar-refractivity contribution is 6.05. The molecule has 138 valence electrons. The van der Waals surface area contributed by atoms with E-state index in [1.54, 1.807) is 42.5 Å². The normalized spacial score (nSPS) is 10.6. The summed E-state index contributed by atoms with van der Waals surface area (Å²) in [6, 6.07) is 16.1. The van der Waals surface area contributed by atoms with Gasteiger partial charge in [-0.2, -0.15) is 0 Å². The van der Waals surface area contributed by atoms with Gasteiger partial charge in [0.1, 0.15) is 0 Å². The molecule has 0 spiro atoms. The summed E-state index contributed by atoms with van der Waals surface area (Å²) in [5, 5.41) is 19.7. The van der Waals surface area contributed by atoms with E-state index >= 15 is 0 Å². The molecule has 2 aromatic heterocycles. The molecule has 0 aliphatic carbocycles. The van der Waals surface area contributed by atoms with Crippen LogP contribution in [0.15, 0.2) is 75.8 Å². The van der Waals surface area contributed by atoms with E-state index in [1.807, 2.05) is 0 Å². The lowest BCUT2D eigenvalue weighted by Gasteiger charge is -2.07. The Morgan fingerprint density at radius 1 is 0.893 bits per heavy atom. The number of nitrogens with one attached hydrogen (secondary N) is 1. The van der Waals surface area contributed by atoms with Gasteiger partial charge in [-0.25, -0.2) is 4.79 Å². The summed E-state index contributed by atoms with van der Waals surface area (Å²) in [4.78, 5) is 23.5. The number of carbonyl (C=O) groups excluding carboxylic acids is 1. The molecular weight excluding hydrogens is 362 g/mol. The second-order valence-electron chi connectivity index (χ2n) is 5.81. The first kappa shape index (κ1) is 17.2. The average Bonchev–Trinajstić information content (AvgIpc) is 3.40. The zero-order chi connectivity index (χ0) is 19.5.